The fourth-order valence-electron chi connectivity index (χ4n) is 7.53. The minimum absolute atomic E-state index is 1.21. The number of hydrogen-bond donors (Lipinski definition) is 0. The van der Waals surface area contributed by atoms with Gasteiger partial charge in [-0.25, -0.2) is 0 Å². The lowest BCUT2D eigenvalue weighted by Gasteiger charge is -2.19. The Balaban J connectivity index is 1.17. The van der Waals surface area contributed by atoms with Gasteiger partial charge in [0.25, 0.3) is 0 Å². The third-order valence-electron chi connectivity index (χ3n) is 9.93. The van der Waals surface area contributed by atoms with Crippen LogP contribution in [0.3, 0.4) is 0 Å². The van der Waals surface area contributed by atoms with Gasteiger partial charge in [0.15, 0.2) is 0 Å². The summed E-state index contributed by atoms with van der Waals surface area (Å²) in [5.41, 5.74) is 13.7. The molecule has 0 N–H and O–H groups in total. The molecule has 230 valence electrons. The van der Waals surface area contributed by atoms with E-state index in [1.165, 1.54) is 93.5 Å². The summed E-state index contributed by atoms with van der Waals surface area (Å²) in [4.78, 5) is 0. The smallest absolute Gasteiger partial charge is 0.00261 e. The van der Waals surface area contributed by atoms with Gasteiger partial charge in [0.05, 0.1) is 0 Å². The largest absolute Gasteiger partial charge is 0.0622 e. The third-order valence-corrected chi connectivity index (χ3v) is 9.93. The molecule has 0 aliphatic heterocycles. The van der Waals surface area contributed by atoms with Crippen molar-refractivity contribution in [2.75, 3.05) is 0 Å². The average molecular weight is 623 g/mol. The zero-order valence-corrected chi connectivity index (χ0v) is 27.4. The summed E-state index contributed by atoms with van der Waals surface area (Å²) in [6, 6.07) is 68.8. The van der Waals surface area contributed by atoms with Gasteiger partial charge in [0.2, 0.25) is 0 Å². The summed E-state index contributed by atoms with van der Waals surface area (Å²) in [6.07, 6.45) is 0. The van der Waals surface area contributed by atoms with Crippen LogP contribution < -0.4 is 0 Å². The Bertz CT molecular complexity index is 2630. The van der Waals surface area contributed by atoms with E-state index in [2.05, 4.69) is 195 Å². The Kier molecular flexibility index (Phi) is 7.14. The Hall–Kier alpha value is -6.24. The van der Waals surface area contributed by atoms with Gasteiger partial charge in [-0.15, -0.1) is 0 Å². The van der Waals surface area contributed by atoms with Crippen molar-refractivity contribution in [3.8, 4) is 55.6 Å². The highest BCUT2D eigenvalue weighted by atomic mass is 14.2. The molecule has 0 radical (unpaired) electrons. The first-order valence-corrected chi connectivity index (χ1v) is 17.0. The number of hydrogen-bond acceptors (Lipinski definition) is 0. The molecule has 0 atom stereocenters. The van der Waals surface area contributed by atoms with Gasteiger partial charge in [-0.2, -0.15) is 0 Å². The van der Waals surface area contributed by atoms with Gasteiger partial charge >= 0.3 is 0 Å². The van der Waals surface area contributed by atoms with E-state index in [0.717, 1.165) is 0 Å². The molecule has 0 fully saturated rings. The highest BCUT2D eigenvalue weighted by Crippen LogP contribution is 2.45. The first kappa shape index (κ1) is 28.9. The first-order chi connectivity index (χ1) is 24.2. The molecule has 0 heteroatoms. The number of fused-ring (bicyclic) bond motifs is 3. The van der Waals surface area contributed by atoms with Gasteiger partial charge in [0.1, 0.15) is 0 Å². The number of aryl methyl sites for hydroxylation is 1. The molecule has 0 aromatic heterocycles. The molecule has 0 bridgehead atoms. The molecule has 9 aromatic carbocycles. The third kappa shape index (κ3) is 5.19. The molecule has 9 aromatic rings. The predicted molar refractivity (Wildman–Crippen MR) is 211 cm³/mol. The zero-order chi connectivity index (χ0) is 32.7. The van der Waals surface area contributed by atoms with Crippen LogP contribution in [0.25, 0.3) is 88.0 Å². The van der Waals surface area contributed by atoms with Gasteiger partial charge in [-0.1, -0.05) is 188 Å². The molecule has 0 spiro atoms. The minimum atomic E-state index is 1.21. The zero-order valence-electron chi connectivity index (χ0n) is 27.4. The van der Waals surface area contributed by atoms with Crippen LogP contribution in [-0.4, -0.2) is 0 Å². The molecule has 49 heavy (non-hydrogen) atoms. The highest BCUT2D eigenvalue weighted by molar-refractivity contribution is 6.22. The van der Waals surface area contributed by atoms with E-state index in [0.29, 0.717) is 0 Å². The van der Waals surface area contributed by atoms with Crippen molar-refractivity contribution in [3.63, 3.8) is 0 Å². The minimum Gasteiger partial charge on any atom is -0.0622 e. The van der Waals surface area contributed by atoms with E-state index in [1.807, 2.05) is 0 Å². The second kappa shape index (κ2) is 12.1. The van der Waals surface area contributed by atoms with Crippen LogP contribution in [0.2, 0.25) is 0 Å². The highest BCUT2D eigenvalue weighted by Gasteiger charge is 2.17. The Labute approximate surface area is 287 Å². The fraction of sp³-hybridized carbons (Fsp3) is 0.0204. The van der Waals surface area contributed by atoms with Crippen LogP contribution in [0.5, 0.6) is 0 Å². The van der Waals surface area contributed by atoms with Gasteiger partial charge < -0.3 is 0 Å². The summed E-state index contributed by atoms with van der Waals surface area (Å²) in [7, 11) is 0. The normalized spacial score (nSPS) is 11.4. The second-order valence-corrected chi connectivity index (χ2v) is 13.0. The summed E-state index contributed by atoms with van der Waals surface area (Å²) in [6.45, 7) is 2.19. The summed E-state index contributed by atoms with van der Waals surface area (Å²) in [5.74, 6) is 0. The SMILES string of the molecule is Cc1ccc2c(-c3ccc(-c4ccccc4-c4ccc(-c5ccccc5)cc4)cc3)c3ccccc3c(-c3ccc4ccccc4c3)c2c1. The quantitative estimate of drug-likeness (QED) is 0.168. The number of rotatable bonds is 5. The predicted octanol–water partition coefficient (Wildman–Crippen LogP) is 13.8. The second-order valence-electron chi connectivity index (χ2n) is 13.0. The standard InChI is InChI=1S/C49H34/c1-33-19-30-46-47(31-33)49(41-29-22-35-13-5-6-14-40(35)32-41)45-18-10-9-17-44(45)48(46)39-27-25-38(26-28-39)43-16-8-7-15-42(43)37-23-20-36(21-24-37)34-11-3-2-4-12-34/h2-32H,1H3. The Morgan fingerprint density at radius 3 is 1.41 bits per heavy atom. The topological polar surface area (TPSA) is 0 Å². The molecule has 0 aliphatic carbocycles. The van der Waals surface area contributed by atoms with Crippen LogP contribution >= 0.6 is 0 Å². The van der Waals surface area contributed by atoms with E-state index < -0.39 is 0 Å². The maximum Gasteiger partial charge on any atom is -0.00261 e. The first-order valence-electron chi connectivity index (χ1n) is 17.0. The van der Waals surface area contributed by atoms with Crippen LogP contribution in [-0.2, 0) is 0 Å². The van der Waals surface area contributed by atoms with E-state index in [4.69, 9.17) is 0 Å². The summed E-state index contributed by atoms with van der Waals surface area (Å²) >= 11 is 0. The molecular weight excluding hydrogens is 589 g/mol. The molecule has 9 rings (SSSR count). The Morgan fingerprint density at radius 2 is 0.735 bits per heavy atom. The van der Waals surface area contributed by atoms with Crippen molar-refractivity contribution in [2.24, 2.45) is 0 Å². The van der Waals surface area contributed by atoms with E-state index in [-0.39, 0.29) is 0 Å². The van der Waals surface area contributed by atoms with Gasteiger partial charge in [-0.05, 0) is 101 Å². The molecule has 0 aliphatic rings. The lowest BCUT2D eigenvalue weighted by molar-refractivity contribution is 1.51. The molecular formula is C49H34. The molecule has 0 nitrogen and oxygen atoms in total. The lowest BCUT2D eigenvalue weighted by Crippen LogP contribution is -1.92. The Morgan fingerprint density at radius 1 is 0.265 bits per heavy atom. The average Bonchev–Trinajstić information content (AvgIpc) is 3.17. The molecule has 0 unspecified atom stereocenters. The molecule has 0 amide bonds. The number of benzene rings is 9. The van der Waals surface area contributed by atoms with E-state index in [9.17, 15) is 0 Å². The molecule has 0 heterocycles. The van der Waals surface area contributed by atoms with Crippen molar-refractivity contribution >= 4 is 32.3 Å². The van der Waals surface area contributed by atoms with Crippen molar-refractivity contribution in [2.45, 2.75) is 6.92 Å². The fourth-order valence-corrected chi connectivity index (χ4v) is 7.53. The van der Waals surface area contributed by atoms with Crippen molar-refractivity contribution in [1.82, 2.24) is 0 Å². The van der Waals surface area contributed by atoms with E-state index >= 15 is 0 Å². The van der Waals surface area contributed by atoms with Crippen LogP contribution in [0.15, 0.2) is 188 Å². The van der Waals surface area contributed by atoms with Gasteiger partial charge in [0, 0.05) is 0 Å². The van der Waals surface area contributed by atoms with Crippen LogP contribution in [0.1, 0.15) is 5.56 Å². The molecule has 0 saturated carbocycles. The van der Waals surface area contributed by atoms with E-state index in [1.54, 1.807) is 0 Å². The summed E-state index contributed by atoms with van der Waals surface area (Å²) in [5, 5.41) is 7.64. The molecule has 0 saturated heterocycles. The van der Waals surface area contributed by atoms with Gasteiger partial charge in [-0.3, -0.25) is 0 Å². The maximum atomic E-state index is 2.36. The lowest BCUT2D eigenvalue weighted by atomic mass is 9.84. The van der Waals surface area contributed by atoms with Crippen molar-refractivity contribution < 1.29 is 0 Å². The van der Waals surface area contributed by atoms with Crippen LogP contribution in [0, 0.1) is 6.92 Å². The maximum absolute atomic E-state index is 2.36. The van der Waals surface area contributed by atoms with Crippen molar-refractivity contribution in [3.05, 3.63) is 194 Å². The summed E-state index contributed by atoms with van der Waals surface area (Å²) < 4.78 is 0. The van der Waals surface area contributed by atoms with Crippen molar-refractivity contribution in [1.29, 1.82) is 0 Å². The van der Waals surface area contributed by atoms with Crippen LogP contribution in [0.4, 0.5) is 0 Å². The monoisotopic (exact) mass is 622 g/mol.